The van der Waals surface area contributed by atoms with Crippen LogP contribution in [0.2, 0.25) is 0 Å². The average Bonchev–Trinajstić information content (AvgIpc) is 2.83. The molecule has 1 fully saturated rings. The molecule has 0 atom stereocenters. The van der Waals surface area contributed by atoms with Crippen LogP contribution in [0.25, 0.3) is 23.3 Å². The van der Waals surface area contributed by atoms with E-state index in [0.29, 0.717) is 9.87 Å². The molecule has 1 aliphatic rings. The van der Waals surface area contributed by atoms with Gasteiger partial charge >= 0.3 is 15.5 Å². The number of aromatic nitrogens is 1. The van der Waals surface area contributed by atoms with Crippen LogP contribution in [0.15, 0.2) is 67.0 Å². The van der Waals surface area contributed by atoms with Crippen molar-refractivity contribution in [1.29, 1.82) is 0 Å². The van der Waals surface area contributed by atoms with E-state index in [-0.39, 0.29) is 32.0 Å². The number of benzene rings is 2. The number of rotatable bonds is 5. The highest BCUT2D eigenvalue weighted by atomic mass is 32.2. The van der Waals surface area contributed by atoms with Gasteiger partial charge in [0.25, 0.3) is 0 Å². The van der Waals surface area contributed by atoms with E-state index >= 15 is 0 Å². The summed E-state index contributed by atoms with van der Waals surface area (Å²) in [7, 11) is -5.30. The van der Waals surface area contributed by atoms with Crippen LogP contribution in [0.3, 0.4) is 0 Å². The summed E-state index contributed by atoms with van der Waals surface area (Å²) >= 11 is 0. The molecule has 0 bridgehead atoms. The van der Waals surface area contributed by atoms with Crippen LogP contribution in [-0.2, 0) is 10.0 Å². The van der Waals surface area contributed by atoms with Gasteiger partial charge in [-0.2, -0.15) is 17.5 Å². The molecule has 5 nitrogen and oxygen atoms in total. The Kier molecular flexibility index (Phi) is 6.72. The maximum atomic E-state index is 14.1. The van der Waals surface area contributed by atoms with Crippen molar-refractivity contribution in [3.05, 3.63) is 83.9 Å². The van der Waals surface area contributed by atoms with E-state index in [4.69, 9.17) is 0 Å². The third-order valence-corrected chi connectivity index (χ3v) is 7.16. The number of sulfonamides is 1. The lowest BCUT2D eigenvalue weighted by atomic mass is 10.0. The molecule has 4 rings (SSSR count). The van der Waals surface area contributed by atoms with Gasteiger partial charge in [0.1, 0.15) is 5.82 Å². The highest BCUT2D eigenvalue weighted by molar-refractivity contribution is 7.90. The van der Waals surface area contributed by atoms with Crippen LogP contribution in [0, 0.1) is 5.82 Å². The summed E-state index contributed by atoms with van der Waals surface area (Å²) in [5.41, 5.74) is -1.36. The SMILES string of the molecule is O=S(=O)(N1CCN(c2ccc(/C=C/c3cc(F)cc(-c4ccncc4)c3)cc2)CC1)C(F)(F)F. The van der Waals surface area contributed by atoms with Gasteiger partial charge in [-0.25, -0.2) is 12.8 Å². The number of hydrogen-bond acceptors (Lipinski definition) is 4. The summed E-state index contributed by atoms with van der Waals surface area (Å²) in [6.07, 6.45) is 6.92. The minimum absolute atomic E-state index is 0.158. The molecule has 0 N–H and O–H groups in total. The van der Waals surface area contributed by atoms with Gasteiger partial charge in [0.05, 0.1) is 0 Å². The zero-order valence-corrected chi connectivity index (χ0v) is 18.7. The van der Waals surface area contributed by atoms with Gasteiger partial charge in [-0.15, -0.1) is 0 Å². The maximum Gasteiger partial charge on any atom is 0.511 e. The van der Waals surface area contributed by atoms with Crippen molar-refractivity contribution in [2.24, 2.45) is 0 Å². The molecule has 1 aliphatic heterocycles. The lowest BCUT2D eigenvalue weighted by Gasteiger charge is -2.35. The van der Waals surface area contributed by atoms with E-state index in [1.54, 1.807) is 30.6 Å². The first-order chi connectivity index (χ1) is 16.1. The van der Waals surface area contributed by atoms with Gasteiger partial charge in [0.2, 0.25) is 0 Å². The molecule has 1 saturated heterocycles. The number of piperazine rings is 1. The predicted molar refractivity (Wildman–Crippen MR) is 124 cm³/mol. The van der Waals surface area contributed by atoms with Gasteiger partial charge in [-0.1, -0.05) is 24.3 Å². The van der Waals surface area contributed by atoms with Crippen LogP contribution in [-0.4, -0.2) is 49.4 Å². The third-order valence-electron chi connectivity index (χ3n) is 5.53. The zero-order valence-electron chi connectivity index (χ0n) is 17.9. The standard InChI is InChI=1S/C24H21F4N3O2S/c25-22-16-19(15-21(17-22)20-7-9-29-10-8-20)2-1-18-3-5-23(6-4-18)30-11-13-31(14-12-30)34(32,33)24(26,27)28/h1-10,15-17H,11-14H2/b2-1+. The molecule has 0 saturated carbocycles. The minimum atomic E-state index is -5.30. The molecule has 10 heteroatoms. The number of halogens is 4. The quantitative estimate of drug-likeness (QED) is 0.371. The summed E-state index contributed by atoms with van der Waals surface area (Å²) in [6.45, 7) is -0.150. The Bertz CT molecular complexity index is 1270. The smallest absolute Gasteiger partial charge is 0.369 e. The van der Waals surface area contributed by atoms with Crippen molar-refractivity contribution in [3.63, 3.8) is 0 Å². The minimum Gasteiger partial charge on any atom is -0.369 e. The molecule has 34 heavy (non-hydrogen) atoms. The van der Waals surface area contributed by atoms with E-state index in [0.717, 1.165) is 22.4 Å². The number of alkyl halides is 3. The first kappa shape index (κ1) is 23.9. The highest BCUT2D eigenvalue weighted by Gasteiger charge is 2.50. The molecule has 0 amide bonds. The summed E-state index contributed by atoms with van der Waals surface area (Å²) in [5.74, 6) is -0.351. The topological polar surface area (TPSA) is 53.5 Å². The van der Waals surface area contributed by atoms with Crippen LogP contribution >= 0.6 is 0 Å². The summed E-state index contributed by atoms with van der Waals surface area (Å²) in [5, 5.41) is 0. The molecule has 0 radical (unpaired) electrons. The lowest BCUT2D eigenvalue weighted by Crippen LogP contribution is -2.52. The Morgan fingerprint density at radius 2 is 1.41 bits per heavy atom. The molecule has 2 aromatic carbocycles. The summed E-state index contributed by atoms with van der Waals surface area (Å²) in [6, 6.07) is 15.7. The van der Waals surface area contributed by atoms with Crippen LogP contribution in [0.5, 0.6) is 0 Å². The second-order valence-electron chi connectivity index (χ2n) is 7.77. The van der Waals surface area contributed by atoms with E-state index < -0.39 is 15.5 Å². The van der Waals surface area contributed by atoms with Gasteiger partial charge in [0.15, 0.2) is 0 Å². The molecule has 3 aromatic rings. The molecular formula is C24H21F4N3O2S. The van der Waals surface area contributed by atoms with Gasteiger partial charge in [-0.05, 0) is 64.7 Å². The van der Waals surface area contributed by atoms with Crippen LogP contribution < -0.4 is 4.90 Å². The molecular weight excluding hydrogens is 470 g/mol. The van der Waals surface area contributed by atoms with Crippen molar-refractivity contribution in [2.75, 3.05) is 31.1 Å². The van der Waals surface area contributed by atoms with Crippen molar-refractivity contribution < 1.29 is 26.0 Å². The van der Waals surface area contributed by atoms with Crippen molar-refractivity contribution in [2.45, 2.75) is 5.51 Å². The fourth-order valence-corrected chi connectivity index (χ4v) is 4.68. The van der Waals surface area contributed by atoms with Crippen molar-refractivity contribution in [1.82, 2.24) is 9.29 Å². The maximum absolute atomic E-state index is 14.1. The van der Waals surface area contributed by atoms with E-state index in [2.05, 4.69) is 4.98 Å². The predicted octanol–water partition coefficient (Wildman–Crippen LogP) is 5.03. The largest absolute Gasteiger partial charge is 0.511 e. The van der Waals surface area contributed by atoms with Crippen molar-refractivity contribution >= 4 is 27.9 Å². The van der Waals surface area contributed by atoms with Crippen molar-refractivity contribution in [3.8, 4) is 11.1 Å². The van der Waals surface area contributed by atoms with E-state index in [1.165, 1.54) is 12.1 Å². The monoisotopic (exact) mass is 491 g/mol. The number of pyridine rings is 1. The number of hydrogen-bond donors (Lipinski definition) is 0. The molecule has 0 unspecified atom stereocenters. The molecule has 178 valence electrons. The van der Waals surface area contributed by atoms with E-state index in [1.807, 2.05) is 41.3 Å². The Morgan fingerprint density at radius 3 is 2.03 bits per heavy atom. The van der Waals surface area contributed by atoms with E-state index in [9.17, 15) is 26.0 Å². The fourth-order valence-electron chi connectivity index (χ4n) is 3.74. The van der Waals surface area contributed by atoms with Gasteiger partial charge < -0.3 is 4.90 Å². The summed E-state index contributed by atoms with van der Waals surface area (Å²) in [4.78, 5) is 5.81. The van der Waals surface area contributed by atoms with Gasteiger partial charge in [-0.3, -0.25) is 4.98 Å². The first-order valence-electron chi connectivity index (χ1n) is 10.4. The third kappa shape index (κ3) is 5.28. The fraction of sp³-hybridized carbons (Fsp3) is 0.208. The van der Waals surface area contributed by atoms with Crippen LogP contribution in [0.1, 0.15) is 11.1 Å². The number of nitrogens with zero attached hydrogens (tertiary/aromatic N) is 3. The Morgan fingerprint density at radius 1 is 0.794 bits per heavy atom. The Hall–Kier alpha value is -3.24. The molecule has 1 aromatic heterocycles. The average molecular weight is 492 g/mol. The molecule has 2 heterocycles. The second kappa shape index (κ2) is 9.55. The Balaban J connectivity index is 1.42. The highest BCUT2D eigenvalue weighted by Crippen LogP contribution is 2.28. The molecule has 0 spiro atoms. The summed E-state index contributed by atoms with van der Waals surface area (Å²) < 4.78 is 75.9. The normalized spacial score (nSPS) is 15.7. The lowest BCUT2D eigenvalue weighted by molar-refractivity contribution is -0.0490. The Labute approximate surface area is 195 Å². The van der Waals surface area contributed by atoms with Gasteiger partial charge in [0, 0.05) is 44.3 Å². The van der Waals surface area contributed by atoms with Crippen LogP contribution in [0.4, 0.5) is 23.2 Å². The zero-order chi connectivity index (χ0) is 24.3. The second-order valence-corrected chi connectivity index (χ2v) is 9.70. The number of anilines is 1. The molecule has 0 aliphatic carbocycles. The first-order valence-corrected chi connectivity index (χ1v) is 11.9.